The lowest BCUT2D eigenvalue weighted by Gasteiger charge is -2.15. The summed E-state index contributed by atoms with van der Waals surface area (Å²) in [6.45, 7) is 1.10. The molecule has 0 heterocycles. The number of rotatable bonds is 7. The molecule has 1 aromatic carbocycles. The van der Waals surface area contributed by atoms with Gasteiger partial charge in [-0.1, -0.05) is 0 Å². The second-order valence-corrected chi connectivity index (χ2v) is 3.82. The van der Waals surface area contributed by atoms with Crippen LogP contribution in [0.25, 0.3) is 0 Å². The molecule has 0 aliphatic heterocycles. The number of hydrogen-bond donors (Lipinski definition) is 1. The van der Waals surface area contributed by atoms with Gasteiger partial charge in [0.15, 0.2) is 17.5 Å². The van der Waals surface area contributed by atoms with E-state index in [1.165, 1.54) is 0 Å². The van der Waals surface area contributed by atoms with E-state index >= 15 is 0 Å². The zero-order valence-corrected chi connectivity index (χ0v) is 10.3. The van der Waals surface area contributed by atoms with E-state index in [0.29, 0.717) is 18.7 Å². The van der Waals surface area contributed by atoms with Crippen molar-refractivity contribution in [3.63, 3.8) is 0 Å². The van der Waals surface area contributed by atoms with Crippen molar-refractivity contribution in [3.8, 4) is 0 Å². The number of methoxy groups -OCH3 is 2. The number of nitrogens with one attached hydrogen (secondary N) is 1. The number of ether oxygens (including phenoxy) is 2. The molecule has 0 aliphatic carbocycles. The van der Waals surface area contributed by atoms with Crippen molar-refractivity contribution in [2.75, 3.05) is 27.4 Å². The molecule has 0 aliphatic rings. The van der Waals surface area contributed by atoms with Crippen molar-refractivity contribution >= 4 is 0 Å². The highest BCUT2D eigenvalue weighted by Gasteiger charge is 2.11. The maximum atomic E-state index is 12.9. The van der Waals surface area contributed by atoms with E-state index in [0.717, 1.165) is 12.1 Å². The molecular weight excluding hydrogens is 247 g/mol. The Morgan fingerprint density at radius 3 is 2.28 bits per heavy atom. The third-order valence-electron chi connectivity index (χ3n) is 2.43. The van der Waals surface area contributed by atoms with E-state index < -0.39 is 17.5 Å². The molecule has 18 heavy (non-hydrogen) atoms. The van der Waals surface area contributed by atoms with Crippen LogP contribution in [0.4, 0.5) is 13.2 Å². The summed E-state index contributed by atoms with van der Waals surface area (Å²) in [6.07, 6.45) is -0.148. The maximum absolute atomic E-state index is 12.9. The van der Waals surface area contributed by atoms with Gasteiger partial charge in [-0.05, 0) is 17.7 Å². The predicted molar refractivity (Wildman–Crippen MR) is 60.7 cm³/mol. The number of benzene rings is 1. The Morgan fingerprint density at radius 2 is 1.78 bits per heavy atom. The molecule has 3 nitrogen and oxygen atoms in total. The Hall–Kier alpha value is -1.11. The monoisotopic (exact) mass is 263 g/mol. The van der Waals surface area contributed by atoms with Crippen LogP contribution in [0.15, 0.2) is 12.1 Å². The smallest absolute Gasteiger partial charge is 0.194 e. The molecule has 0 saturated heterocycles. The first-order valence-corrected chi connectivity index (χ1v) is 5.44. The second-order valence-electron chi connectivity index (χ2n) is 3.82. The van der Waals surface area contributed by atoms with Crippen LogP contribution in [0.5, 0.6) is 0 Å². The summed E-state index contributed by atoms with van der Waals surface area (Å²) in [5, 5.41) is 2.95. The molecule has 1 N–H and O–H groups in total. The third kappa shape index (κ3) is 4.29. The Morgan fingerprint density at radius 1 is 1.17 bits per heavy atom. The molecule has 0 saturated carbocycles. The summed E-state index contributed by atoms with van der Waals surface area (Å²) in [5.74, 6) is -3.83. The topological polar surface area (TPSA) is 30.5 Å². The number of hydrogen-bond acceptors (Lipinski definition) is 3. The van der Waals surface area contributed by atoms with E-state index in [2.05, 4.69) is 5.32 Å². The molecule has 0 amide bonds. The summed E-state index contributed by atoms with van der Waals surface area (Å²) in [7, 11) is 3.10. The van der Waals surface area contributed by atoms with Gasteiger partial charge in [0.25, 0.3) is 0 Å². The molecule has 6 heteroatoms. The fourth-order valence-electron chi connectivity index (χ4n) is 1.48. The number of halogens is 3. The summed E-state index contributed by atoms with van der Waals surface area (Å²) >= 11 is 0. The molecule has 102 valence electrons. The van der Waals surface area contributed by atoms with Gasteiger partial charge in [-0.3, -0.25) is 0 Å². The summed E-state index contributed by atoms with van der Waals surface area (Å²) in [4.78, 5) is 0. The van der Waals surface area contributed by atoms with Gasteiger partial charge in [-0.25, -0.2) is 13.2 Å². The van der Waals surface area contributed by atoms with E-state index in [4.69, 9.17) is 9.47 Å². The molecule has 0 spiro atoms. The van der Waals surface area contributed by atoms with Crippen molar-refractivity contribution in [2.45, 2.75) is 12.6 Å². The third-order valence-corrected chi connectivity index (χ3v) is 2.43. The standard InChI is InChI=1S/C12H16F3NO2/c1-17-7-9(18-2)6-16-5-8-3-10(13)12(15)11(14)4-8/h3-4,9,16H,5-7H2,1-2H3. The van der Waals surface area contributed by atoms with Gasteiger partial charge in [-0.2, -0.15) is 0 Å². The van der Waals surface area contributed by atoms with Crippen LogP contribution in [0.2, 0.25) is 0 Å². The van der Waals surface area contributed by atoms with Crippen molar-refractivity contribution < 1.29 is 22.6 Å². The molecule has 1 aromatic rings. The van der Waals surface area contributed by atoms with Crippen molar-refractivity contribution in [2.24, 2.45) is 0 Å². The lowest BCUT2D eigenvalue weighted by Crippen LogP contribution is -2.31. The average molecular weight is 263 g/mol. The van der Waals surface area contributed by atoms with Gasteiger partial charge in [0.2, 0.25) is 0 Å². The SMILES string of the molecule is COCC(CNCc1cc(F)c(F)c(F)c1)OC. The first-order valence-electron chi connectivity index (χ1n) is 5.44. The first-order chi connectivity index (χ1) is 8.58. The highest BCUT2D eigenvalue weighted by molar-refractivity contribution is 5.19. The van der Waals surface area contributed by atoms with Crippen LogP contribution in [-0.4, -0.2) is 33.5 Å². The Kier molecular flexibility index (Phi) is 6.11. The lowest BCUT2D eigenvalue weighted by atomic mass is 10.2. The van der Waals surface area contributed by atoms with Gasteiger partial charge >= 0.3 is 0 Å². The average Bonchev–Trinajstić information content (AvgIpc) is 2.34. The molecule has 0 bridgehead atoms. The fraction of sp³-hybridized carbons (Fsp3) is 0.500. The molecule has 0 fully saturated rings. The van der Waals surface area contributed by atoms with Gasteiger partial charge in [0, 0.05) is 27.3 Å². The quantitative estimate of drug-likeness (QED) is 0.762. The van der Waals surface area contributed by atoms with E-state index in [1.807, 2.05) is 0 Å². The van der Waals surface area contributed by atoms with Crippen LogP contribution in [-0.2, 0) is 16.0 Å². The van der Waals surface area contributed by atoms with Gasteiger partial charge < -0.3 is 14.8 Å². The highest BCUT2D eigenvalue weighted by Crippen LogP contribution is 2.13. The van der Waals surface area contributed by atoms with Gasteiger partial charge in [0.1, 0.15) is 0 Å². The Labute approximate surface area is 104 Å². The zero-order chi connectivity index (χ0) is 13.5. The molecular formula is C12H16F3NO2. The van der Waals surface area contributed by atoms with Crippen molar-refractivity contribution in [1.29, 1.82) is 0 Å². The molecule has 0 aromatic heterocycles. The summed E-state index contributed by atoms with van der Waals surface area (Å²) < 4.78 is 48.6. The largest absolute Gasteiger partial charge is 0.382 e. The second kappa shape index (κ2) is 7.35. The molecule has 0 radical (unpaired) electrons. The predicted octanol–water partition coefficient (Wildman–Crippen LogP) is 1.85. The van der Waals surface area contributed by atoms with Crippen LogP contribution in [0.1, 0.15) is 5.56 Å². The van der Waals surface area contributed by atoms with Crippen LogP contribution < -0.4 is 5.32 Å². The Balaban J connectivity index is 2.48. The molecule has 1 rings (SSSR count). The fourth-order valence-corrected chi connectivity index (χ4v) is 1.48. The minimum atomic E-state index is -1.45. The summed E-state index contributed by atoms with van der Waals surface area (Å²) in [6, 6.07) is 1.92. The minimum Gasteiger partial charge on any atom is -0.382 e. The van der Waals surface area contributed by atoms with Crippen LogP contribution >= 0.6 is 0 Å². The van der Waals surface area contributed by atoms with Gasteiger partial charge in [-0.15, -0.1) is 0 Å². The van der Waals surface area contributed by atoms with E-state index in [9.17, 15) is 13.2 Å². The van der Waals surface area contributed by atoms with Crippen LogP contribution in [0.3, 0.4) is 0 Å². The Bertz CT molecular complexity index is 365. The zero-order valence-electron chi connectivity index (χ0n) is 10.3. The first kappa shape index (κ1) is 14.9. The van der Waals surface area contributed by atoms with Crippen LogP contribution in [0, 0.1) is 17.5 Å². The summed E-state index contributed by atoms with van der Waals surface area (Å²) in [5.41, 5.74) is 0.332. The van der Waals surface area contributed by atoms with E-state index in [1.54, 1.807) is 14.2 Å². The van der Waals surface area contributed by atoms with Crippen molar-refractivity contribution in [3.05, 3.63) is 35.1 Å². The minimum absolute atomic E-state index is 0.148. The molecule has 1 unspecified atom stereocenters. The lowest BCUT2D eigenvalue weighted by molar-refractivity contribution is 0.0288. The molecule has 1 atom stereocenters. The van der Waals surface area contributed by atoms with Crippen molar-refractivity contribution in [1.82, 2.24) is 5.32 Å². The maximum Gasteiger partial charge on any atom is 0.194 e. The van der Waals surface area contributed by atoms with E-state index in [-0.39, 0.29) is 12.6 Å². The highest BCUT2D eigenvalue weighted by atomic mass is 19.2. The van der Waals surface area contributed by atoms with Gasteiger partial charge in [0.05, 0.1) is 12.7 Å². The normalized spacial score (nSPS) is 12.7.